The maximum absolute atomic E-state index is 5.93. The van der Waals surface area contributed by atoms with E-state index in [-0.39, 0.29) is 12.2 Å². The first kappa shape index (κ1) is 16.3. The average molecular weight is 329 g/mol. The Labute approximate surface area is 142 Å². The van der Waals surface area contributed by atoms with Crippen LogP contribution in [-0.4, -0.2) is 35.3 Å². The van der Waals surface area contributed by atoms with Gasteiger partial charge < -0.3 is 9.64 Å². The van der Waals surface area contributed by atoms with Crippen molar-refractivity contribution >= 4 is 17.6 Å². The molecule has 2 unspecified atom stereocenters. The van der Waals surface area contributed by atoms with Crippen molar-refractivity contribution in [3.05, 3.63) is 48.3 Å². The summed E-state index contributed by atoms with van der Waals surface area (Å²) in [5.41, 5.74) is 1.30. The molecule has 2 aromatic rings. The molecule has 122 valence electrons. The minimum atomic E-state index is 0.233. The average Bonchev–Trinajstić information content (AvgIpc) is 2.60. The van der Waals surface area contributed by atoms with E-state index >= 15 is 0 Å². The molecule has 1 aliphatic rings. The van der Waals surface area contributed by atoms with Crippen LogP contribution < -0.4 is 4.90 Å². The van der Waals surface area contributed by atoms with Crippen LogP contribution in [0, 0.1) is 0 Å². The number of thioether (sulfide) groups is 1. The molecule has 2 atom stereocenters. The van der Waals surface area contributed by atoms with Crippen LogP contribution in [-0.2, 0) is 10.5 Å². The Morgan fingerprint density at radius 1 is 1.22 bits per heavy atom. The lowest BCUT2D eigenvalue weighted by Crippen LogP contribution is -2.46. The Balaban J connectivity index is 1.67. The summed E-state index contributed by atoms with van der Waals surface area (Å²) < 4.78 is 5.93. The van der Waals surface area contributed by atoms with Gasteiger partial charge in [0.05, 0.1) is 24.6 Å². The topological polar surface area (TPSA) is 38.2 Å². The molecule has 5 heteroatoms. The Bertz CT molecular complexity index is 623. The second-order valence-corrected chi connectivity index (χ2v) is 6.87. The minimum Gasteiger partial charge on any atom is -0.372 e. The fourth-order valence-electron chi connectivity index (χ4n) is 2.75. The number of hydrogen-bond donors (Lipinski definition) is 0. The Morgan fingerprint density at radius 3 is 2.83 bits per heavy atom. The maximum Gasteiger partial charge on any atom is 0.148 e. The number of rotatable bonds is 5. The van der Waals surface area contributed by atoms with E-state index in [1.165, 1.54) is 5.56 Å². The summed E-state index contributed by atoms with van der Waals surface area (Å²) in [6.45, 7) is 6.05. The Hall–Kier alpha value is -1.59. The van der Waals surface area contributed by atoms with Crippen molar-refractivity contribution in [3.63, 3.8) is 0 Å². The molecule has 1 fully saturated rings. The molecule has 0 radical (unpaired) electrons. The highest BCUT2D eigenvalue weighted by molar-refractivity contribution is 7.98. The molecule has 0 saturated carbocycles. The van der Waals surface area contributed by atoms with E-state index in [0.29, 0.717) is 0 Å². The first-order valence-corrected chi connectivity index (χ1v) is 9.12. The van der Waals surface area contributed by atoms with Gasteiger partial charge in [0.1, 0.15) is 10.8 Å². The third kappa shape index (κ3) is 4.45. The molecule has 1 aromatic heterocycles. The summed E-state index contributed by atoms with van der Waals surface area (Å²) >= 11 is 1.73. The van der Waals surface area contributed by atoms with Gasteiger partial charge in [-0.05, 0) is 18.9 Å². The number of ether oxygens (including phenoxy) is 1. The van der Waals surface area contributed by atoms with E-state index in [4.69, 9.17) is 9.72 Å². The fourth-order valence-corrected chi connectivity index (χ4v) is 3.55. The minimum absolute atomic E-state index is 0.233. The highest BCUT2D eigenvalue weighted by Crippen LogP contribution is 2.24. The zero-order valence-electron chi connectivity index (χ0n) is 13.7. The molecule has 0 aliphatic carbocycles. The van der Waals surface area contributed by atoms with Crippen LogP contribution in [0.1, 0.15) is 25.8 Å². The van der Waals surface area contributed by atoms with Crippen molar-refractivity contribution in [3.8, 4) is 0 Å². The number of nitrogens with zero attached hydrogens (tertiary/aromatic N) is 3. The molecule has 1 aromatic carbocycles. The first-order valence-electron chi connectivity index (χ1n) is 8.13. The summed E-state index contributed by atoms with van der Waals surface area (Å²) in [5.74, 6) is 1.87. The zero-order chi connectivity index (χ0) is 16.1. The van der Waals surface area contributed by atoms with Gasteiger partial charge in [-0.15, -0.1) is 11.8 Å². The van der Waals surface area contributed by atoms with Crippen molar-refractivity contribution in [2.24, 2.45) is 0 Å². The Morgan fingerprint density at radius 2 is 2.04 bits per heavy atom. The number of benzene rings is 1. The molecule has 0 amide bonds. The lowest BCUT2D eigenvalue weighted by molar-refractivity contribution is -0.0175. The van der Waals surface area contributed by atoms with Crippen molar-refractivity contribution in [2.45, 2.75) is 43.3 Å². The molecule has 4 nitrogen and oxygen atoms in total. The van der Waals surface area contributed by atoms with Gasteiger partial charge >= 0.3 is 0 Å². The molecule has 1 aliphatic heterocycles. The van der Waals surface area contributed by atoms with Crippen molar-refractivity contribution in [1.82, 2.24) is 9.97 Å². The summed E-state index contributed by atoms with van der Waals surface area (Å²) in [7, 11) is 0. The second-order valence-electron chi connectivity index (χ2n) is 5.87. The van der Waals surface area contributed by atoms with Gasteiger partial charge in [0.15, 0.2) is 0 Å². The van der Waals surface area contributed by atoms with Gasteiger partial charge in [-0.3, -0.25) is 4.98 Å². The van der Waals surface area contributed by atoms with Gasteiger partial charge in [-0.1, -0.05) is 37.3 Å². The summed E-state index contributed by atoms with van der Waals surface area (Å²) in [4.78, 5) is 11.5. The highest BCUT2D eigenvalue weighted by atomic mass is 32.2. The van der Waals surface area contributed by atoms with E-state index in [1.54, 1.807) is 11.8 Å². The predicted octanol–water partition coefficient (Wildman–Crippen LogP) is 3.77. The van der Waals surface area contributed by atoms with E-state index in [2.05, 4.69) is 48.0 Å². The summed E-state index contributed by atoms with van der Waals surface area (Å²) in [6.07, 6.45) is 5.24. The summed E-state index contributed by atoms with van der Waals surface area (Å²) in [5, 5.41) is 0.971. The number of anilines is 1. The zero-order valence-corrected chi connectivity index (χ0v) is 14.5. The highest BCUT2D eigenvalue weighted by Gasteiger charge is 2.25. The molecule has 1 saturated heterocycles. The summed E-state index contributed by atoms with van der Waals surface area (Å²) in [6, 6.07) is 10.5. The van der Waals surface area contributed by atoms with E-state index < -0.39 is 0 Å². The largest absolute Gasteiger partial charge is 0.372 e. The van der Waals surface area contributed by atoms with E-state index in [9.17, 15) is 0 Å². The normalized spacial score (nSPS) is 21.4. The fraction of sp³-hybridized carbons (Fsp3) is 0.444. The lowest BCUT2D eigenvalue weighted by Gasteiger charge is -2.37. The van der Waals surface area contributed by atoms with Crippen LogP contribution in [0.4, 0.5) is 5.82 Å². The van der Waals surface area contributed by atoms with Crippen molar-refractivity contribution < 1.29 is 4.74 Å². The smallest absolute Gasteiger partial charge is 0.148 e. The quantitative estimate of drug-likeness (QED) is 0.781. The molecular weight excluding hydrogens is 306 g/mol. The van der Waals surface area contributed by atoms with Crippen molar-refractivity contribution in [1.29, 1.82) is 0 Å². The van der Waals surface area contributed by atoms with Gasteiger partial charge in [-0.25, -0.2) is 4.98 Å². The van der Waals surface area contributed by atoms with Crippen LogP contribution in [0.3, 0.4) is 0 Å². The number of aromatic nitrogens is 2. The van der Waals surface area contributed by atoms with Gasteiger partial charge in [0.2, 0.25) is 0 Å². The van der Waals surface area contributed by atoms with E-state index in [1.807, 2.05) is 18.5 Å². The van der Waals surface area contributed by atoms with Crippen LogP contribution in [0.25, 0.3) is 0 Å². The molecule has 0 N–H and O–H groups in total. The third-order valence-corrected chi connectivity index (χ3v) is 4.91. The Kier molecular flexibility index (Phi) is 5.51. The molecule has 0 bridgehead atoms. The monoisotopic (exact) mass is 329 g/mol. The van der Waals surface area contributed by atoms with Crippen LogP contribution in [0.5, 0.6) is 0 Å². The molecule has 0 spiro atoms. The van der Waals surface area contributed by atoms with E-state index in [0.717, 1.165) is 36.1 Å². The van der Waals surface area contributed by atoms with Gasteiger partial charge in [-0.2, -0.15) is 0 Å². The second kappa shape index (κ2) is 7.79. The molecule has 23 heavy (non-hydrogen) atoms. The maximum atomic E-state index is 5.93. The van der Waals surface area contributed by atoms with Gasteiger partial charge in [0, 0.05) is 18.8 Å². The molecular formula is C18H23N3OS. The predicted molar refractivity (Wildman–Crippen MR) is 94.9 cm³/mol. The van der Waals surface area contributed by atoms with Gasteiger partial charge in [0.25, 0.3) is 0 Å². The lowest BCUT2D eigenvalue weighted by atomic mass is 10.2. The standard InChI is InChI=1S/C18H23N3OS/c1-3-16-12-21(11-14(2)22-16)17-9-19-10-18(20-17)23-13-15-7-5-4-6-8-15/h4-10,14,16H,3,11-13H2,1-2H3. The van der Waals surface area contributed by atoms with Crippen LogP contribution >= 0.6 is 11.8 Å². The first-order chi connectivity index (χ1) is 11.2. The SMILES string of the molecule is CCC1CN(c2cncc(SCc3ccccc3)n2)CC(C)O1. The molecule has 3 rings (SSSR count). The van der Waals surface area contributed by atoms with Crippen LogP contribution in [0.15, 0.2) is 47.8 Å². The molecule has 2 heterocycles. The number of morpholine rings is 1. The van der Waals surface area contributed by atoms with Crippen molar-refractivity contribution in [2.75, 3.05) is 18.0 Å². The van der Waals surface area contributed by atoms with Crippen LogP contribution in [0.2, 0.25) is 0 Å². The third-order valence-electron chi connectivity index (χ3n) is 3.93. The number of hydrogen-bond acceptors (Lipinski definition) is 5.